The highest BCUT2D eigenvalue weighted by Crippen LogP contribution is 2.42. The number of methoxy groups -OCH3 is 1. The number of amides is 2. The lowest BCUT2D eigenvalue weighted by molar-refractivity contribution is -0.386. The molecule has 0 saturated carbocycles. The second-order valence-electron chi connectivity index (χ2n) is 8.35. The van der Waals surface area contributed by atoms with E-state index in [1.165, 1.54) is 13.2 Å². The second kappa shape index (κ2) is 11.5. The van der Waals surface area contributed by atoms with Crippen LogP contribution >= 0.6 is 0 Å². The largest absolute Gasteiger partial charge is 0.493 e. The van der Waals surface area contributed by atoms with Gasteiger partial charge in [0.2, 0.25) is 5.75 Å². The van der Waals surface area contributed by atoms with E-state index in [1.807, 2.05) is 20.8 Å². The minimum absolute atomic E-state index is 0.0157. The van der Waals surface area contributed by atoms with Gasteiger partial charge in [-0.15, -0.1) is 0 Å². The van der Waals surface area contributed by atoms with Crippen LogP contribution in [0.4, 0.5) is 10.5 Å². The molecule has 2 amide bonds. The molecule has 1 atom stereocenters. The number of esters is 1. The molecule has 0 radical (unpaired) electrons. The number of nitrogens with zero attached hydrogens (tertiary/aromatic N) is 1. The Bertz CT molecular complexity index is 925. The van der Waals surface area contributed by atoms with Gasteiger partial charge in [-0.1, -0.05) is 33.6 Å². The maximum Gasteiger partial charge on any atom is 0.338 e. The summed E-state index contributed by atoms with van der Waals surface area (Å²) < 4.78 is 16.5. The number of unbranched alkanes of at least 4 members (excludes halogenated alkanes) is 2. The highest BCUT2D eigenvalue weighted by atomic mass is 16.6. The zero-order chi connectivity index (χ0) is 24.7. The fourth-order valence-electron chi connectivity index (χ4n) is 3.53. The van der Waals surface area contributed by atoms with E-state index in [1.54, 1.807) is 19.9 Å². The molecule has 1 aliphatic rings. The average Bonchev–Trinajstić information content (AvgIpc) is 2.74. The van der Waals surface area contributed by atoms with Crippen molar-refractivity contribution in [1.29, 1.82) is 0 Å². The first-order valence-electron chi connectivity index (χ1n) is 11.1. The van der Waals surface area contributed by atoms with Crippen molar-refractivity contribution in [3.63, 3.8) is 0 Å². The first-order valence-corrected chi connectivity index (χ1v) is 11.1. The van der Waals surface area contributed by atoms with Crippen LogP contribution in [0, 0.1) is 16.0 Å². The maximum absolute atomic E-state index is 13.0. The highest BCUT2D eigenvalue weighted by molar-refractivity contribution is 5.95. The van der Waals surface area contributed by atoms with E-state index in [0.717, 1.165) is 19.3 Å². The van der Waals surface area contributed by atoms with Gasteiger partial charge in [0.1, 0.15) is 0 Å². The van der Waals surface area contributed by atoms with E-state index >= 15 is 0 Å². The molecule has 1 aromatic rings. The highest BCUT2D eigenvalue weighted by Gasteiger charge is 2.37. The summed E-state index contributed by atoms with van der Waals surface area (Å²) in [6.07, 6.45) is 2.27. The quantitative estimate of drug-likeness (QED) is 0.215. The number of allylic oxidation sites excluding steroid dienone is 1. The van der Waals surface area contributed by atoms with Crippen LogP contribution in [0.1, 0.15) is 65.5 Å². The zero-order valence-corrected chi connectivity index (χ0v) is 20.0. The first-order chi connectivity index (χ1) is 15.6. The number of urea groups is 1. The number of nitro benzene ring substituents is 1. The van der Waals surface area contributed by atoms with E-state index in [0.29, 0.717) is 17.9 Å². The summed E-state index contributed by atoms with van der Waals surface area (Å²) in [6, 6.07) is 1.35. The lowest BCUT2D eigenvalue weighted by Gasteiger charge is -2.31. The standard InChI is InChI=1S/C23H33N3O7/c1-7-8-9-10-32-21-16(26(29)30)11-15(12-17(21)31-6)20-18(22(27)33-14(4)5)19(13(2)3)24-23(28)25-20/h11-14,20H,7-10H2,1-6H3,(H2,24,25,28). The van der Waals surface area contributed by atoms with Gasteiger partial charge in [0.15, 0.2) is 5.75 Å². The third kappa shape index (κ3) is 6.36. The van der Waals surface area contributed by atoms with Crippen LogP contribution in [0.5, 0.6) is 11.5 Å². The fourth-order valence-corrected chi connectivity index (χ4v) is 3.53. The molecule has 1 unspecified atom stereocenters. The van der Waals surface area contributed by atoms with Gasteiger partial charge in [0, 0.05) is 11.8 Å². The number of ether oxygens (including phenoxy) is 3. The van der Waals surface area contributed by atoms with E-state index < -0.39 is 23.0 Å². The molecule has 1 aromatic carbocycles. The molecule has 10 heteroatoms. The van der Waals surface area contributed by atoms with Crippen molar-refractivity contribution in [2.45, 2.75) is 66.0 Å². The van der Waals surface area contributed by atoms with Gasteiger partial charge >= 0.3 is 17.7 Å². The molecule has 2 rings (SSSR count). The minimum Gasteiger partial charge on any atom is -0.493 e. The third-order valence-corrected chi connectivity index (χ3v) is 5.04. The molecule has 1 heterocycles. The molecule has 0 spiro atoms. The first kappa shape index (κ1) is 26.0. The number of rotatable bonds is 11. The number of hydrogen-bond acceptors (Lipinski definition) is 7. The topological polar surface area (TPSA) is 129 Å². The lowest BCUT2D eigenvalue weighted by atomic mass is 9.91. The van der Waals surface area contributed by atoms with Crippen LogP contribution in [0.3, 0.4) is 0 Å². The minimum atomic E-state index is -0.968. The number of carbonyl (C=O) groups is 2. The Balaban J connectivity index is 2.62. The molecular weight excluding hydrogens is 430 g/mol. The Labute approximate surface area is 193 Å². The summed E-state index contributed by atoms with van der Waals surface area (Å²) in [5.41, 5.74) is 0.585. The van der Waals surface area contributed by atoms with Gasteiger partial charge in [-0.05, 0) is 37.8 Å². The van der Waals surface area contributed by atoms with Crippen LogP contribution in [0.25, 0.3) is 0 Å². The summed E-state index contributed by atoms with van der Waals surface area (Å²) in [5.74, 6) is -0.660. The Hall–Kier alpha value is -3.30. The number of carbonyl (C=O) groups excluding carboxylic acids is 2. The zero-order valence-electron chi connectivity index (χ0n) is 20.0. The number of nitro groups is 1. The summed E-state index contributed by atoms with van der Waals surface area (Å²) in [7, 11) is 1.38. The smallest absolute Gasteiger partial charge is 0.338 e. The molecule has 0 bridgehead atoms. The molecule has 2 N–H and O–H groups in total. The molecule has 1 aliphatic heterocycles. The van der Waals surface area contributed by atoms with Gasteiger partial charge in [-0.3, -0.25) is 10.1 Å². The number of hydrogen-bond donors (Lipinski definition) is 2. The Morgan fingerprint density at radius 1 is 1.21 bits per heavy atom. The van der Waals surface area contributed by atoms with Crippen molar-refractivity contribution < 1.29 is 28.7 Å². The summed E-state index contributed by atoms with van der Waals surface area (Å²) in [6.45, 7) is 9.45. The second-order valence-corrected chi connectivity index (χ2v) is 8.35. The Kier molecular flexibility index (Phi) is 9.07. The normalized spacial score (nSPS) is 15.9. The maximum atomic E-state index is 13.0. The molecule has 0 fully saturated rings. The van der Waals surface area contributed by atoms with Gasteiger partial charge < -0.3 is 24.8 Å². The predicted octanol–water partition coefficient (Wildman–Crippen LogP) is 4.39. The third-order valence-electron chi connectivity index (χ3n) is 5.04. The van der Waals surface area contributed by atoms with E-state index in [9.17, 15) is 19.7 Å². The van der Waals surface area contributed by atoms with Gasteiger partial charge in [-0.2, -0.15) is 0 Å². The Morgan fingerprint density at radius 2 is 1.91 bits per heavy atom. The summed E-state index contributed by atoms with van der Waals surface area (Å²) in [4.78, 5) is 36.7. The number of benzene rings is 1. The van der Waals surface area contributed by atoms with Crippen LogP contribution in [0.2, 0.25) is 0 Å². The molecule has 33 heavy (non-hydrogen) atoms. The average molecular weight is 464 g/mol. The molecule has 0 aliphatic carbocycles. The molecule has 182 valence electrons. The number of nitrogens with one attached hydrogen (secondary N) is 2. The van der Waals surface area contributed by atoms with Crippen molar-refractivity contribution in [1.82, 2.24) is 10.6 Å². The van der Waals surface area contributed by atoms with Crippen molar-refractivity contribution in [2.75, 3.05) is 13.7 Å². The van der Waals surface area contributed by atoms with Gasteiger partial charge in [0.05, 0.1) is 36.4 Å². The van der Waals surface area contributed by atoms with Gasteiger partial charge in [0.25, 0.3) is 0 Å². The van der Waals surface area contributed by atoms with E-state index in [-0.39, 0.29) is 34.8 Å². The van der Waals surface area contributed by atoms with Crippen molar-refractivity contribution in [3.8, 4) is 11.5 Å². The van der Waals surface area contributed by atoms with Crippen molar-refractivity contribution in [2.24, 2.45) is 5.92 Å². The summed E-state index contributed by atoms with van der Waals surface area (Å²) in [5, 5.41) is 17.2. The van der Waals surface area contributed by atoms with Crippen molar-refractivity contribution in [3.05, 3.63) is 39.1 Å². The van der Waals surface area contributed by atoms with Crippen molar-refractivity contribution >= 4 is 17.7 Å². The van der Waals surface area contributed by atoms with Gasteiger partial charge in [-0.25, -0.2) is 9.59 Å². The molecule has 10 nitrogen and oxygen atoms in total. The molecule has 0 aromatic heterocycles. The lowest BCUT2D eigenvalue weighted by Crippen LogP contribution is -2.47. The summed E-state index contributed by atoms with van der Waals surface area (Å²) >= 11 is 0. The Morgan fingerprint density at radius 3 is 2.45 bits per heavy atom. The van der Waals surface area contributed by atoms with Crippen LogP contribution < -0.4 is 20.1 Å². The monoisotopic (exact) mass is 463 g/mol. The SMILES string of the molecule is CCCCCOc1c(OC)cc(C2NC(=O)NC(C(C)C)=C2C(=O)OC(C)C)cc1[N+](=O)[O-]. The van der Waals surface area contributed by atoms with Crippen LogP contribution in [-0.4, -0.2) is 36.7 Å². The molecular formula is C23H33N3O7. The van der Waals surface area contributed by atoms with Crippen LogP contribution in [0.15, 0.2) is 23.4 Å². The van der Waals surface area contributed by atoms with E-state index in [2.05, 4.69) is 10.6 Å². The molecule has 0 saturated heterocycles. The van der Waals surface area contributed by atoms with E-state index in [4.69, 9.17) is 14.2 Å². The fraction of sp³-hybridized carbons (Fsp3) is 0.565. The predicted molar refractivity (Wildman–Crippen MR) is 122 cm³/mol. The van der Waals surface area contributed by atoms with Crippen LogP contribution in [-0.2, 0) is 9.53 Å².